The van der Waals surface area contributed by atoms with Crippen LogP contribution in [0.3, 0.4) is 0 Å². The highest BCUT2D eigenvalue weighted by atomic mass is 32.2. The second-order valence-electron chi connectivity index (χ2n) is 4.40. The number of hydrogen-bond acceptors (Lipinski definition) is 3. The van der Waals surface area contributed by atoms with E-state index in [-0.39, 0.29) is 11.3 Å². The molecule has 0 heterocycles. The average Bonchev–Trinajstić information content (AvgIpc) is 2.27. The van der Waals surface area contributed by atoms with Crippen molar-refractivity contribution < 1.29 is 18.3 Å². The maximum absolute atomic E-state index is 12.1. The third kappa shape index (κ3) is 3.83. The molecule has 19 heavy (non-hydrogen) atoms. The summed E-state index contributed by atoms with van der Waals surface area (Å²) >= 11 is 0. The van der Waals surface area contributed by atoms with Gasteiger partial charge in [0.15, 0.2) is 9.84 Å². The molecule has 1 aromatic rings. The van der Waals surface area contributed by atoms with Gasteiger partial charge in [0.05, 0.1) is 16.6 Å². The molecule has 0 aliphatic carbocycles. The highest BCUT2D eigenvalue weighted by molar-refractivity contribution is 7.92. The third-order valence-corrected chi connectivity index (χ3v) is 4.67. The molecule has 1 aromatic carbocycles. The molecule has 0 bridgehead atoms. The Hall–Kier alpha value is -1.80. The largest absolute Gasteiger partial charge is 0.481 e. The van der Waals surface area contributed by atoms with Crippen molar-refractivity contribution in [2.75, 3.05) is 0 Å². The predicted octanol–water partition coefficient (Wildman–Crippen LogP) is 1.87. The van der Waals surface area contributed by atoms with E-state index in [1.54, 1.807) is 26.8 Å². The van der Waals surface area contributed by atoms with E-state index >= 15 is 0 Å². The minimum absolute atomic E-state index is 0.124. The van der Waals surface area contributed by atoms with Crippen LogP contribution in [0.1, 0.15) is 31.9 Å². The average molecular weight is 280 g/mol. The minimum atomic E-state index is -3.44. The Morgan fingerprint density at radius 2 is 1.95 bits per heavy atom. The zero-order chi connectivity index (χ0) is 14.6. The lowest BCUT2D eigenvalue weighted by Crippen LogP contribution is -2.15. The molecule has 5 heteroatoms. The summed E-state index contributed by atoms with van der Waals surface area (Å²) in [6, 6.07) is 4.49. The Bertz CT molecular complexity index is 646. The monoisotopic (exact) mass is 280 g/mol. The SMILES string of the molecule is CC#Cc1cc(CC(=O)O)cc(S(=O)(=O)C(C)C)c1. The van der Waals surface area contributed by atoms with Gasteiger partial charge in [-0.2, -0.15) is 0 Å². The summed E-state index contributed by atoms with van der Waals surface area (Å²) in [6.45, 7) is 4.81. The first kappa shape index (κ1) is 15.3. The van der Waals surface area contributed by atoms with Crippen LogP contribution in [0.5, 0.6) is 0 Å². The summed E-state index contributed by atoms with van der Waals surface area (Å²) in [4.78, 5) is 10.9. The van der Waals surface area contributed by atoms with Crippen LogP contribution in [0.4, 0.5) is 0 Å². The van der Waals surface area contributed by atoms with E-state index in [0.29, 0.717) is 11.1 Å². The summed E-state index contributed by atoms with van der Waals surface area (Å²) in [5.41, 5.74) is 0.951. The normalized spacial score (nSPS) is 10.9. The molecule has 1 N–H and O–H groups in total. The predicted molar refractivity (Wildman–Crippen MR) is 72.7 cm³/mol. The molecule has 0 fully saturated rings. The molecule has 0 aliphatic rings. The zero-order valence-corrected chi connectivity index (χ0v) is 11.9. The highest BCUT2D eigenvalue weighted by Gasteiger charge is 2.20. The number of rotatable bonds is 4. The summed E-state index contributed by atoms with van der Waals surface area (Å²) in [6.07, 6.45) is -0.222. The van der Waals surface area contributed by atoms with E-state index in [4.69, 9.17) is 5.11 Å². The molecule has 0 unspecified atom stereocenters. The molecule has 102 valence electrons. The van der Waals surface area contributed by atoms with E-state index in [9.17, 15) is 13.2 Å². The number of benzene rings is 1. The molecule has 0 spiro atoms. The Labute approximate surface area is 113 Å². The lowest BCUT2D eigenvalue weighted by Gasteiger charge is -2.10. The lowest BCUT2D eigenvalue weighted by atomic mass is 10.1. The van der Waals surface area contributed by atoms with Crippen molar-refractivity contribution in [3.63, 3.8) is 0 Å². The lowest BCUT2D eigenvalue weighted by molar-refractivity contribution is -0.136. The van der Waals surface area contributed by atoms with Crippen molar-refractivity contribution in [2.45, 2.75) is 37.3 Å². The molecule has 1 rings (SSSR count). The first-order chi connectivity index (χ1) is 8.77. The quantitative estimate of drug-likeness (QED) is 0.855. The van der Waals surface area contributed by atoms with E-state index in [1.807, 2.05) is 0 Å². The zero-order valence-electron chi connectivity index (χ0n) is 11.1. The van der Waals surface area contributed by atoms with Crippen LogP contribution in [0.2, 0.25) is 0 Å². The van der Waals surface area contributed by atoms with Gasteiger partial charge in [0, 0.05) is 5.56 Å². The Kier molecular flexibility index (Phi) is 4.73. The molecule has 4 nitrogen and oxygen atoms in total. The van der Waals surface area contributed by atoms with Gasteiger partial charge in [-0.05, 0) is 44.5 Å². The van der Waals surface area contributed by atoms with E-state index in [2.05, 4.69) is 11.8 Å². The Morgan fingerprint density at radius 3 is 2.42 bits per heavy atom. The van der Waals surface area contributed by atoms with Gasteiger partial charge in [-0.3, -0.25) is 4.79 Å². The van der Waals surface area contributed by atoms with E-state index in [1.165, 1.54) is 12.1 Å². The van der Waals surface area contributed by atoms with Crippen LogP contribution in [0.15, 0.2) is 23.1 Å². The van der Waals surface area contributed by atoms with Crippen LogP contribution < -0.4 is 0 Å². The fourth-order valence-electron chi connectivity index (χ4n) is 1.59. The number of carboxylic acids is 1. The number of sulfone groups is 1. The molecule has 0 saturated heterocycles. The molecular formula is C14H16O4S. The summed E-state index contributed by atoms with van der Waals surface area (Å²) in [5.74, 6) is 4.44. The number of aliphatic carboxylic acids is 1. The maximum atomic E-state index is 12.1. The fourth-order valence-corrected chi connectivity index (χ4v) is 2.74. The van der Waals surface area contributed by atoms with Crippen LogP contribution in [0, 0.1) is 11.8 Å². The van der Waals surface area contributed by atoms with Crippen LogP contribution in [-0.4, -0.2) is 24.7 Å². The van der Waals surface area contributed by atoms with Crippen molar-refractivity contribution >= 4 is 15.8 Å². The molecule has 0 amide bonds. The summed E-state index contributed by atoms with van der Waals surface area (Å²) < 4.78 is 24.3. The van der Waals surface area contributed by atoms with Crippen LogP contribution >= 0.6 is 0 Å². The summed E-state index contributed by atoms with van der Waals surface area (Å²) in [5, 5.41) is 8.24. The van der Waals surface area contributed by atoms with Gasteiger partial charge in [-0.15, -0.1) is 5.92 Å². The standard InChI is InChI=1S/C14H16O4S/c1-4-5-11-6-12(9-14(15)16)8-13(7-11)19(17,18)10(2)3/h6-8,10H,9H2,1-3H3,(H,15,16). The smallest absolute Gasteiger partial charge is 0.307 e. The molecule has 0 aliphatic heterocycles. The van der Waals surface area contributed by atoms with Crippen LogP contribution in [0.25, 0.3) is 0 Å². The van der Waals surface area contributed by atoms with Gasteiger partial charge >= 0.3 is 5.97 Å². The number of carboxylic acid groups (broad SMARTS) is 1. The Morgan fingerprint density at radius 1 is 1.32 bits per heavy atom. The first-order valence-electron chi connectivity index (χ1n) is 5.79. The Balaban J connectivity index is 3.43. The van der Waals surface area contributed by atoms with Gasteiger partial charge in [0.25, 0.3) is 0 Å². The molecule has 0 atom stereocenters. The van der Waals surface area contributed by atoms with Gasteiger partial charge in [-0.25, -0.2) is 8.42 Å². The van der Waals surface area contributed by atoms with E-state index < -0.39 is 21.1 Å². The van der Waals surface area contributed by atoms with Gasteiger partial charge in [0.2, 0.25) is 0 Å². The molecule has 0 aromatic heterocycles. The van der Waals surface area contributed by atoms with Gasteiger partial charge < -0.3 is 5.11 Å². The third-order valence-electron chi connectivity index (χ3n) is 2.54. The fraction of sp³-hybridized carbons (Fsp3) is 0.357. The molecular weight excluding hydrogens is 264 g/mol. The van der Waals surface area contributed by atoms with Crippen LogP contribution in [-0.2, 0) is 21.1 Å². The van der Waals surface area contributed by atoms with Gasteiger partial charge in [-0.1, -0.05) is 5.92 Å². The van der Waals surface area contributed by atoms with Crippen molar-refractivity contribution in [1.29, 1.82) is 0 Å². The van der Waals surface area contributed by atoms with Gasteiger partial charge in [0.1, 0.15) is 0 Å². The highest BCUT2D eigenvalue weighted by Crippen LogP contribution is 2.20. The topological polar surface area (TPSA) is 71.4 Å². The number of hydrogen-bond donors (Lipinski definition) is 1. The maximum Gasteiger partial charge on any atom is 0.307 e. The van der Waals surface area contributed by atoms with Crippen molar-refractivity contribution in [3.05, 3.63) is 29.3 Å². The minimum Gasteiger partial charge on any atom is -0.481 e. The summed E-state index contributed by atoms with van der Waals surface area (Å²) in [7, 11) is -3.44. The van der Waals surface area contributed by atoms with Crippen molar-refractivity contribution in [3.8, 4) is 11.8 Å². The van der Waals surface area contributed by atoms with E-state index in [0.717, 1.165) is 0 Å². The second kappa shape index (κ2) is 5.89. The second-order valence-corrected chi connectivity index (χ2v) is 6.91. The van der Waals surface area contributed by atoms with Crippen molar-refractivity contribution in [1.82, 2.24) is 0 Å². The molecule has 0 radical (unpaired) electrons. The number of carbonyl (C=O) groups is 1. The molecule has 0 saturated carbocycles. The van der Waals surface area contributed by atoms with Crippen molar-refractivity contribution in [2.24, 2.45) is 0 Å². The first-order valence-corrected chi connectivity index (χ1v) is 7.34.